The van der Waals surface area contributed by atoms with E-state index in [-0.39, 0.29) is 22.8 Å². The average Bonchev–Trinajstić information content (AvgIpc) is 2.70. The van der Waals surface area contributed by atoms with Gasteiger partial charge in [-0.1, -0.05) is 5.16 Å². The van der Waals surface area contributed by atoms with E-state index in [1.54, 1.807) is 0 Å². The largest absolute Gasteiger partial charge is 0.502 e. The molecule has 0 atom stereocenters. The number of nitrogens with zero attached hydrogens (tertiary/aromatic N) is 1. The maximum Gasteiger partial charge on any atom is 0.230 e. The fourth-order valence-corrected chi connectivity index (χ4v) is 2.02. The summed E-state index contributed by atoms with van der Waals surface area (Å²) in [5.41, 5.74) is 5.83. The second-order valence-electron chi connectivity index (χ2n) is 3.20. The van der Waals surface area contributed by atoms with Crippen molar-refractivity contribution in [3.8, 4) is 22.6 Å². The number of rotatable bonds is 2. The highest BCUT2D eigenvalue weighted by molar-refractivity contribution is 9.10. The van der Waals surface area contributed by atoms with Crippen LogP contribution < -0.4 is 10.5 Å². The van der Waals surface area contributed by atoms with Gasteiger partial charge in [-0.2, -0.15) is 0 Å². The number of aromatic hydroxyl groups is 1. The Morgan fingerprint density at radius 3 is 2.82 bits per heavy atom. The molecule has 0 aliphatic rings. The van der Waals surface area contributed by atoms with Gasteiger partial charge in [-0.15, -0.1) is 0 Å². The predicted molar refractivity (Wildman–Crippen MR) is 62.2 cm³/mol. The molecule has 0 aliphatic carbocycles. The van der Waals surface area contributed by atoms with Crippen LogP contribution in [-0.2, 0) is 0 Å². The predicted octanol–water partition coefficient (Wildman–Crippen LogP) is 2.54. The second-order valence-corrected chi connectivity index (χ2v) is 4.06. The molecule has 0 saturated carbocycles. The van der Waals surface area contributed by atoms with Crippen LogP contribution in [0.4, 0.5) is 10.3 Å². The van der Waals surface area contributed by atoms with Crippen LogP contribution in [0.25, 0.3) is 11.1 Å². The van der Waals surface area contributed by atoms with Gasteiger partial charge in [0.25, 0.3) is 0 Å². The third-order valence-electron chi connectivity index (χ3n) is 2.25. The minimum atomic E-state index is -0.855. The van der Waals surface area contributed by atoms with Gasteiger partial charge >= 0.3 is 0 Å². The lowest BCUT2D eigenvalue weighted by Crippen LogP contribution is -1.93. The first-order valence-corrected chi connectivity index (χ1v) is 5.31. The quantitative estimate of drug-likeness (QED) is 0.891. The van der Waals surface area contributed by atoms with Crippen molar-refractivity contribution in [3.63, 3.8) is 0 Å². The molecular formula is C10H8BrFN2O3. The van der Waals surface area contributed by atoms with Crippen molar-refractivity contribution in [2.45, 2.75) is 0 Å². The van der Waals surface area contributed by atoms with E-state index in [4.69, 9.17) is 10.5 Å². The van der Waals surface area contributed by atoms with Crippen LogP contribution in [0.2, 0.25) is 0 Å². The SMILES string of the molecule is COc1cc(Br)c(-c2cnoc2N)c(F)c1O. The molecule has 0 saturated heterocycles. The molecule has 1 aromatic carbocycles. The molecule has 5 nitrogen and oxygen atoms in total. The smallest absolute Gasteiger partial charge is 0.230 e. The first-order valence-electron chi connectivity index (χ1n) is 4.51. The number of methoxy groups -OCH3 is 1. The molecule has 1 heterocycles. The molecule has 0 unspecified atom stereocenters. The summed E-state index contributed by atoms with van der Waals surface area (Å²) in [5, 5.41) is 13.0. The van der Waals surface area contributed by atoms with Gasteiger partial charge in [-0.05, 0) is 22.0 Å². The number of halogens is 2. The van der Waals surface area contributed by atoms with E-state index < -0.39 is 11.6 Å². The molecule has 3 N–H and O–H groups in total. The lowest BCUT2D eigenvalue weighted by Gasteiger charge is -2.10. The number of nitrogens with two attached hydrogens (primary N) is 1. The van der Waals surface area contributed by atoms with Crippen LogP contribution >= 0.6 is 15.9 Å². The van der Waals surface area contributed by atoms with Crippen LogP contribution in [-0.4, -0.2) is 17.4 Å². The summed E-state index contributed by atoms with van der Waals surface area (Å²) in [5.74, 6) is -1.46. The molecule has 0 fully saturated rings. The van der Waals surface area contributed by atoms with Crippen molar-refractivity contribution < 1.29 is 18.8 Å². The fraction of sp³-hybridized carbons (Fsp3) is 0.100. The Bertz CT molecular complexity index is 571. The number of aromatic nitrogens is 1. The molecule has 90 valence electrons. The molecule has 7 heteroatoms. The first kappa shape index (κ1) is 11.7. The summed E-state index contributed by atoms with van der Waals surface area (Å²) in [7, 11) is 1.33. The molecule has 1 aromatic heterocycles. The Hall–Kier alpha value is -1.76. The maximum absolute atomic E-state index is 14.0. The zero-order chi connectivity index (χ0) is 12.6. The summed E-state index contributed by atoms with van der Waals surface area (Å²) >= 11 is 3.17. The summed E-state index contributed by atoms with van der Waals surface area (Å²) in [6.07, 6.45) is 1.27. The third kappa shape index (κ3) is 1.82. The van der Waals surface area contributed by atoms with Crippen molar-refractivity contribution in [3.05, 3.63) is 22.6 Å². The van der Waals surface area contributed by atoms with Crippen molar-refractivity contribution in [1.82, 2.24) is 5.16 Å². The number of phenols is 1. The highest BCUT2D eigenvalue weighted by Gasteiger charge is 2.21. The third-order valence-corrected chi connectivity index (χ3v) is 2.87. The second kappa shape index (κ2) is 4.25. The summed E-state index contributed by atoms with van der Waals surface area (Å²) in [4.78, 5) is 0. The van der Waals surface area contributed by atoms with E-state index in [0.717, 1.165) is 0 Å². The van der Waals surface area contributed by atoms with Gasteiger partial charge in [0, 0.05) is 10.0 Å². The van der Waals surface area contributed by atoms with Crippen LogP contribution in [0.1, 0.15) is 0 Å². The fourth-order valence-electron chi connectivity index (χ4n) is 1.43. The Morgan fingerprint density at radius 1 is 1.59 bits per heavy atom. The topological polar surface area (TPSA) is 81.5 Å². The summed E-state index contributed by atoms with van der Waals surface area (Å²) in [6.45, 7) is 0. The average molecular weight is 303 g/mol. The Balaban J connectivity index is 2.72. The van der Waals surface area contributed by atoms with Gasteiger partial charge in [0.15, 0.2) is 17.3 Å². The maximum atomic E-state index is 14.0. The molecule has 0 radical (unpaired) electrons. The molecule has 0 spiro atoms. The van der Waals surface area contributed by atoms with E-state index in [1.165, 1.54) is 19.4 Å². The molecule has 2 aromatic rings. The van der Waals surface area contributed by atoms with Crippen LogP contribution in [0.3, 0.4) is 0 Å². The van der Waals surface area contributed by atoms with E-state index in [9.17, 15) is 9.50 Å². The van der Waals surface area contributed by atoms with E-state index >= 15 is 0 Å². The van der Waals surface area contributed by atoms with Crippen LogP contribution in [0, 0.1) is 5.82 Å². The number of ether oxygens (including phenoxy) is 1. The molecule has 0 aliphatic heterocycles. The number of nitrogen functional groups attached to an aromatic ring is 1. The van der Waals surface area contributed by atoms with Gasteiger partial charge in [0.2, 0.25) is 5.88 Å². The first-order chi connectivity index (χ1) is 8.06. The zero-order valence-corrected chi connectivity index (χ0v) is 10.3. The van der Waals surface area contributed by atoms with Crippen molar-refractivity contribution in [2.24, 2.45) is 0 Å². The Morgan fingerprint density at radius 2 is 2.29 bits per heavy atom. The number of hydrogen-bond acceptors (Lipinski definition) is 5. The van der Waals surface area contributed by atoms with Gasteiger partial charge in [-0.25, -0.2) is 4.39 Å². The number of phenolic OH excluding ortho intramolecular Hbond substituents is 1. The molecule has 0 bridgehead atoms. The van der Waals surface area contributed by atoms with E-state index in [0.29, 0.717) is 4.47 Å². The highest BCUT2D eigenvalue weighted by atomic mass is 79.9. The number of hydrogen-bond donors (Lipinski definition) is 2. The molecule has 2 rings (SSSR count). The standard InChI is InChI=1S/C10H8BrFN2O3/c1-16-6-2-5(11)7(8(12)9(6)15)4-3-14-17-10(4)13/h2-3,15H,13H2,1H3. The van der Waals surface area contributed by atoms with Gasteiger partial charge in [0.1, 0.15) is 0 Å². The van der Waals surface area contributed by atoms with E-state index in [2.05, 4.69) is 25.6 Å². The zero-order valence-electron chi connectivity index (χ0n) is 8.70. The van der Waals surface area contributed by atoms with E-state index in [1.807, 2.05) is 0 Å². The van der Waals surface area contributed by atoms with Crippen molar-refractivity contribution in [1.29, 1.82) is 0 Å². The Labute approximate surface area is 104 Å². The molecule has 17 heavy (non-hydrogen) atoms. The van der Waals surface area contributed by atoms with Crippen LogP contribution in [0.5, 0.6) is 11.5 Å². The van der Waals surface area contributed by atoms with Crippen molar-refractivity contribution >= 4 is 21.8 Å². The van der Waals surface area contributed by atoms with Crippen molar-refractivity contribution in [2.75, 3.05) is 12.8 Å². The number of benzene rings is 1. The molecule has 0 amide bonds. The number of anilines is 1. The summed E-state index contributed by atoms with van der Waals surface area (Å²) in [6, 6.07) is 1.43. The monoisotopic (exact) mass is 302 g/mol. The lowest BCUT2D eigenvalue weighted by molar-refractivity contribution is 0.357. The lowest BCUT2D eigenvalue weighted by atomic mass is 10.1. The van der Waals surface area contributed by atoms with Gasteiger partial charge in [-0.3, -0.25) is 0 Å². The van der Waals surface area contributed by atoms with Gasteiger partial charge in [0.05, 0.1) is 18.9 Å². The highest BCUT2D eigenvalue weighted by Crippen LogP contribution is 2.42. The Kier molecular flexibility index (Phi) is 2.93. The van der Waals surface area contributed by atoms with Crippen LogP contribution in [0.15, 0.2) is 21.3 Å². The summed E-state index contributed by atoms with van der Waals surface area (Å²) < 4.78 is 23.8. The molecular weight excluding hydrogens is 295 g/mol. The van der Waals surface area contributed by atoms with Gasteiger partial charge < -0.3 is 20.1 Å². The minimum Gasteiger partial charge on any atom is -0.502 e. The normalized spacial score (nSPS) is 10.5. The minimum absolute atomic E-state index is 0.0214.